The maximum atomic E-state index is 12.6. The van der Waals surface area contributed by atoms with E-state index in [1.165, 1.54) is 19.3 Å². The highest BCUT2D eigenvalue weighted by Gasteiger charge is 2.41. The average molecular weight is 224 g/mol. The largest absolute Gasteiger partial charge is 0.338 e. The zero-order valence-corrected chi connectivity index (χ0v) is 10.4. The molecule has 1 amide bonds. The highest BCUT2D eigenvalue weighted by molar-refractivity contribution is 5.83. The van der Waals surface area contributed by atoms with E-state index in [9.17, 15) is 4.79 Å². The zero-order chi connectivity index (χ0) is 11.6. The summed E-state index contributed by atoms with van der Waals surface area (Å²) < 4.78 is 0. The highest BCUT2D eigenvalue weighted by atomic mass is 16.2. The highest BCUT2D eigenvalue weighted by Crippen LogP contribution is 2.40. The topological polar surface area (TPSA) is 46.3 Å². The van der Waals surface area contributed by atoms with Crippen molar-refractivity contribution < 1.29 is 4.79 Å². The van der Waals surface area contributed by atoms with Crippen molar-refractivity contribution in [3.05, 3.63) is 0 Å². The van der Waals surface area contributed by atoms with E-state index in [0.29, 0.717) is 18.5 Å². The van der Waals surface area contributed by atoms with Gasteiger partial charge in [-0.3, -0.25) is 4.79 Å². The lowest BCUT2D eigenvalue weighted by atomic mass is 9.85. The molecule has 0 aromatic carbocycles. The van der Waals surface area contributed by atoms with E-state index < -0.39 is 0 Å². The molecule has 0 spiro atoms. The second-order valence-electron chi connectivity index (χ2n) is 5.65. The second kappa shape index (κ2) is 4.74. The van der Waals surface area contributed by atoms with Crippen molar-refractivity contribution in [2.75, 3.05) is 13.1 Å². The minimum atomic E-state index is -0.0786. The molecule has 2 rings (SSSR count). The summed E-state index contributed by atoms with van der Waals surface area (Å²) in [4.78, 5) is 14.6. The number of nitrogens with zero attached hydrogens (tertiary/aromatic N) is 1. The molecule has 1 atom stereocenters. The average Bonchev–Trinajstić information content (AvgIpc) is 2.76. The molecule has 1 unspecified atom stereocenters. The van der Waals surface area contributed by atoms with Crippen LogP contribution in [0.1, 0.15) is 51.9 Å². The van der Waals surface area contributed by atoms with Crippen LogP contribution in [-0.2, 0) is 4.79 Å². The van der Waals surface area contributed by atoms with Gasteiger partial charge in [0, 0.05) is 24.5 Å². The van der Waals surface area contributed by atoms with Gasteiger partial charge in [-0.05, 0) is 32.1 Å². The van der Waals surface area contributed by atoms with E-state index in [-0.39, 0.29) is 5.41 Å². The number of likely N-dealkylation sites (tertiary alicyclic amines) is 1. The van der Waals surface area contributed by atoms with Crippen molar-refractivity contribution in [1.29, 1.82) is 0 Å². The quantitative estimate of drug-likeness (QED) is 0.778. The van der Waals surface area contributed by atoms with Crippen molar-refractivity contribution in [3.63, 3.8) is 0 Å². The molecule has 0 aromatic heterocycles. The predicted octanol–water partition coefficient (Wildman–Crippen LogP) is 1.91. The first kappa shape index (κ1) is 11.9. The van der Waals surface area contributed by atoms with Crippen LogP contribution in [0.15, 0.2) is 0 Å². The summed E-state index contributed by atoms with van der Waals surface area (Å²) in [6.07, 6.45) is 8.03. The summed E-state index contributed by atoms with van der Waals surface area (Å²) in [5.74, 6) is 0.375. The summed E-state index contributed by atoms with van der Waals surface area (Å²) in [7, 11) is 0. The molecule has 0 aromatic rings. The van der Waals surface area contributed by atoms with Crippen LogP contribution >= 0.6 is 0 Å². The van der Waals surface area contributed by atoms with Gasteiger partial charge in [0.1, 0.15) is 0 Å². The minimum absolute atomic E-state index is 0.0786. The van der Waals surface area contributed by atoms with E-state index in [1.807, 2.05) is 0 Å². The Morgan fingerprint density at radius 2 is 2.00 bits per heavy atom. The monoisotopic (exact) mass is 224 g/mol. The number of rotatable bonds is 2. The van der Waals surface area contributed by atoms with Crippen molar-refractivity contribution >= 4 is 5.91 Å². The third-order valence-corrected chi connectivity index (χ3v) is 4.38. The predicted molar refractivity (Wildman–Crippen MR) is 65.0 cm³/mol. The molecule has 1 aliphatic heterocycles. The van der Waals surface area contributed by atoms with Gasteiger partial charge in [-0.1, -0.05) is 19.8 Å². The Morgan fingerprint density at radius 1 is 1.31 bits per heavy atom. The maximum Gasteiger partial charge on any atom is 0.228 e. The van der Waals surface area contributed by atoms with E-state index in [2.05, 4.69) is 11.8 Å². The fraction of sp³-hybridized carbons (Fsp3) is 0.923. The second-order valence-corrected chi connectivity index (χ2v) is 5.65. The molecule has 1 saturated heterocycles. The summed E-state index contributed by atoms with van der Waals surface area (Å²) in [6, 6.07) is 0.304. The van der Waals surface area contributed by atoms with Crippen LogP contribution in [0.25, 0.3) is 0 Å². The van der Waals surface area contributed by atoms with Gasteiger partial charge in [0.15, 0.2) is 0 Å². The third kappa shape index (κ3) is 2.10. The molecular weight excluding hydrogens is 200 g/mol. The summed E-state index contributed by atoms with van der Waals surface area (Å²) in [5, 5.41) is 0. The van der Waals surface area contributed by atoms with Crippen molar-refractivity contribution in [2.45, 2.75) is 57.9 Å². The molecule has 92 valence electrons. The van der Waals surface area contributed by atoms with E-state index in [4.69, 9.17) is 5.73 Å². The molecule has 16 heavy (non-hydrogen) atoms. The van der Waals surface area contributed by atoms with Gasteiger partial charge >= 0.3 is 0 Å². The number of hydrogen-bond acceptors (Lipinski definition) is 2. The molecule has 0 bridgehead atoms. The van der Waals surface area contributed by atoms with Crippen LogP contribution < -0.4 is 5.73 Å². The number of amides is 1. The first-order chi connectivity index (χ1) is 7.67. The Hall–Kier alpha value is -0.570. The molecule has 2 N–H and O–H groups in total. The van der Waals surface area contributed by atoms with Gasteiger partial charge in [-0.25, -0.2) is 0 Å². The number of carbonyl (C=O) groups is 1. The molecule has 1 saturated carbocycles. The SMILES string of the molecule is CC1(C(=O)N2CCCCC2CN)CCCC1. The smallest absolute Gasteiger partial charge is 0.228 e. The normalized spacial score (nSPS) is 29.4. The molecule has 1 heterocycles. The summed E-state index contributed by atoms with van der Waals surface area (Å²) >= 11 is 0. The molecule has 3 heteroatoms. The van der Waals surface area contributed by atoms with Crippen LogP contribution in [0.4, 0.5) is 0 Å². The van der Waals surface area contributed by atoms with Crippen molar-refractivity contribution in [3.8, 4) is 0 Å². The number of carbonyl (C=O) groups excluding carboxylic acids is 1. The van der Waals surface area contributed by atoms with Crippen LogP contribution in [-0.4, -0.2) is 29.9 Å². The van der Waals surface area contributed by atoms with Crippen molar-refractivity contribution in [2.24, 2.45) is 11.1 Å². The van der Waals surface area contributed by atoms with Gasteiger partial charge in [0.25, 0.3) is 0 Å². The maximum absolute atomic E-state index is 12.6. The van der Waals surface area contributed by atoms with Crippen molar-refractivity contribution in [1.82, 2.24) is 4.90 Å². The Labute approximate surface area is 98.4 Å². The van der Waals surface area contributed by atoms with Gasteiger partial charge in [0.05, 0.1) is 0 Å². The number of nitrogens with two attached hydrogens (primary N) is 1. The van der Waals surface area contributed by atoms with Crippen LogP contribution in [0.3, 0.4) is 0 Å². The summed E-state index contributed by atoms with van der Waals surface area (Å²) in [6.45, 7) is 3.70. The standard InChI is InChI=1S/C13H24N2O/c1-13(7-3-4-8-13)12(16)15-9-5-2-6-11(15)10-14/h11H,2-10,14H2,1H3. The Morgan fingerprint density at radius 3 is 2.62 bits per heavy atom. The van der Waals surface area contributed by atoms with Gasteiger partial charge < -0.3 is 10.6 Å². The van der Waals surface area contributed by atoms with E-state index in [0.717, 1.165) is 32.2 Å². The first-order valence-corrected chi connectivity index (χ1v) is 6.68. The molecule has 2 aliphatic rings. The lowest BCUT2D eigenvalue weighted by Crippen LogP contribution is -2.51. The molecule has 1 aliphatic carbocycles. The van der Waals surface area contributed by atoms with E-state index >= 15 is 0 Å². The number of piperidine rings is 1. The number of hydrogen-bond donors (Lipinski definition) is 1. The molecule has 2 fully saturated rings. The summed E-state index contributed by atoms with van der Waals surface area (Å²) in [5.41, 5.74) is 5.70. The van der Waals surface area contributed by atoms with Crippen LogP contribution in [0.2, 0.25) is 0 Å². The fourth-order valence-electron chi connectivity index (χ4n) is 3.23. The van der Waals surface area contributed by atoms with E-state index in [1.54, 1.807) is 0 Å². The Bertz CT molecular complexity index is 259. The lowest BCUT2D eigenvalue weighted by molar-refractivity contribution is -0.144. The molecule has 0 radical (unpaired) electrons. The first-order valence-electron chi connectivity index (χ1n) is 6.68. The third-order valence-electron chi connectivity index (χ3n) is 4.38. The van der Waals surface area contributed by atoms with Gasteiger partial charge in [-0.15, -0.1) is 0 Å². The lowest BCUT2D eigenvalue weighted by Gasteiger charge is -2.39. The van der Waals surface area contributed by atoms with Crippen LogP contribution in [0, 0.1) is 5.41 Å². The zero-order valence-electron chi connectivity index (χ0n) is 10.4. The Balaban J connectivity index is 2.07. The Kier molecular flexibility index (Phi) is 3.53. The fourth-order valence-corrected chi connectivity index (χ4v) is 3.23. The molecule has 3 nitrogen and oxygen atoms in total. The van der Waals surface area contributed by atoms with Gasteiger partial charge in [0.2, 0.25) is 5.91 Å². The van der Waals surface area contributed by atoms with Gasteiger partial charge in [-0.2, -0.15) is 0 Å². The molecular formula is C13H24N2O. The minimum Gasteiger partial charge on any atom is -0.338 e. The van der Waals surface area contributed by atoms with Crippen LogP contribution in [0.5, 0.6) is 0 Å².